The Hall–Kier alpha value is -3.85. The van der Waals surface area contributed by atoms with Crippen LogP contribution in [-0.4, -0.2) is 61.0 Å². The summed E-state index contributed by atoms with van der Waals surface area (Å²) in [4.78, 5) is 45.7. The number of hydrogen-bond acceptors (Lipinski definition) is 4. The van der Waals surface area contributed by atoms with E-state index in [4.69, 9.17) is 16.6 Å². The van der Waals surface area contributed by atoms with Crippen molar-refractivity contribution in [1.29, 1.82) is 0 Å². The Balaban J connectivity index is 1.71. The van der Waals surface area contributed by atoms with Crippen LogP contribution in [0.15, 0.2) is 55.1 Å². The van der Waals surface area contributed by atoms with Crippen LogP contribution in [0.1, 0.15) is 56.5 Å². The first-order valence-corrected chi connectivity index (χ1v) is 13.8. The minimum Gasteiger partial charge on any atom is -0.465 e. The number of amides is 3. The molecule has 2 atom stereocenters. The van der Waals surface area contributed by atoms with Crippen LogP contribution in [0.5, 0.6) is 0 Å². The van der Waals surface area contributed by atoms with E-state index in [9.17, 15) is 19.5 Å². The molecule has 0 radical (unpaired) electrons. The normalized spacial score (nSPS) is 16.1. The van der Waals surface area contributed by atoms with Crippen LogP contribution in [0.4, 0.5) is 10.7 Å². The van der Waals surface area contributed by atoms with Crippen LogP contribution < -0.4 is 5.32 Å². The standard InChI is InChI=1S/C30H36ClN5O4/c1-6-26(37)34-15-7-8-23(34)18-36-25-14-9-20(17-35(29(39)40)19(2)30(3,4)5)16-24(25)32-28(36)33-27(38)21-10-12-22(31)13-11-21/h6,9-14,16,19,23H,1,7-8,15,17-18H2,2-5H3,(H,39,40)(H,32,33,38). The van der Waals surface area contributed by atoms with Crippen molar-refractivity contribution in [3.63, 3.8) is 0 Å². The molecule has 3 amide bonds. The van der Waals surface area contributed by atoms with E-state index < -0.39 is 6.09 Å². The van der Waals surface area contributed by atoms with E-state index >= 15 is 0 Å². The van der Waals surface area contributed by atoms with Gasteiger partial charge < -0.3 is 19.5 Å². The summed E-state index contributed by atoms with van der Waals surface area (Å²) in [5.41, 5.74) is 2.38. The second-order valence-corrected chi connectivity index (χ2v) is 11.8. The van der Waals surface area contributed by atoms with Crippen molar-refractivity contribution in [3.05, 3.63) is 71.3 Å². The highest BCUT2D eigenvalue weighted by atomic mass is 35.5. The first kappa shape index (κ1) is 29.1. The summed E-state index contributed by atoms with van der Waals surface area (Å²) in [5, 5.41) is 13.4. The molecule has 10 heteroatoms. The highest BCUT2D eigenvalue weighted by Crippen LogP contribution is 2.29. The van der Waals surface area contributed by atoms with E-state index in [-0.39, 0.29) is 35.9 Å². The van der Waals surface area contributed by atoms with Gasteiger partial charge in [0.1, 0.15) is 0 Å². The third-order valence-corrected chi connectivity index (χ3v) is 7.94. The summed E-state index contributed by atoms with van der Waals surface area (Å²) in [6, 6.07) is 11.9. The minimum absolute atomic E-state index is 0.0797. The lowest BCUT2D eigenvalue weighted by Gasteiger charge is -2.36. The maximum Gasteiger partial charge on any atom is 0.407 e. The number of nitrogens with zero attached hydrogens (tertiary/aromatic N) is 4. The highest BCUT2D eigenvalue weighted by Gasteiger charge is 2.31. The zero-order valence-electron chi connectivity index (χ0n) is 23.4. The summed E-state index contributed by atoms with van der Waals surface area (Å²) in [6.07, 6.45) is 2.04. The molecule has 0 saturated carbocycles. The fourth-order valence-corrected chi connectivity index (χ4v) is 5.13. The lowest BCUT2D eigenvalue weighted by atomic mass is 9.87. The maximum atomic E-state index is 13.1. The second kappa shape index (κ2) is 11.7. The predicted octanol–water partition coefficient (Wildman–Crippen LogP) is 6.03. The van der Waals surface area contributed by atoms with Crippen molar-refractivity contribution in [2.45, 2.75) is 65.7 Å². The van der Waals surface area contributed by atoms with Gasteiger partial charge in [0.25, 0.3) is 5.91 Å². The van der Waals surface area contributed by atoms with Gasteiger partial charge in [-0.05, 0) is 73.2 Å². The molecule has 40 heavy (non-hydrogen) atoms. The largest absolute Gasteiger partial charge is 0.465 e. The van der Waals surface area contributed by atoms with Crippen molar-refractivity contribution in [2.75, 3.05) is 11.9 Å². The zero-order valence-corrected chi connectivity index (χ0v) is 24.1. The number of aromatic nitrogens is 2. The van der Waals surface area contributed by atoms with Crippen LogP contribution in [0.25, 0.3) is 11.0 Å². The molecule has 4 rings (SSSR count). The molecule has 2 unspecified atom stereocenters. The summed E-state index contributed by atoms with van der Waals surface area (Å²) in [6.45, 7) is 12.9. The molecule has 3 aromatic rings. The second-order valence-electron chi connectivity index (χ2n) is 11.3. The van der Waals surface area contributed by atoms with Gasteiger partial charge in [0.2, 0.25) is 11.9 Å². The van der Waals surface area contributed by atoms with E-state index in [1.54, 1.807) is 29.2 Å². The van der Waals surface area contributed by atoms with E-state index in [0.29, 0.717) is 35.1 Å². The van der Waals surface area contributed by atoms with Crippen molar-refractivity contribution in [1.82, 2.24) is 19.4 Å². The van der Waals surface area contributed by atoms with E-state index in [2.05, 4.69) is 11.9 Å². The fraction of sp³-hybridized carbons (Fsp3) is 0.400. The van der Waals surface area contributed by atoms with Gasteiger partial charge in [-0.15, -0.1) is 0 Å². The SMILES string of the molecule is C=CC(=O)N1CCCC1Cn1c(NC(=O)c2ccc(Cl)cc2)nc2cc(CN(C(=O)O)C(C)C(C)(C)C)ccc21. The average Bonchev–Trinajstić information content (AvgIpc) is 3.50. The molecule has 0 bridgehead atoms. The number of carbonyl (C=O) groups excluding carboxylic acids is 2. The van der Waals surface area contributed by atoms with Crippen molar-refractivity contribution < 1.29 is 19.5 Å². The molecule has 2 N–H and O–H groups in total. The van der Waals surface area contributed by atoms with Gasteiger partial charge in [-0.3, -0.25) is 14.9 Å². The molecule has 1 fully saturated rings. The number of benzene rings is 2. The van der Waals surface area contributed by atoms with Crippen LogP contribution in [0.3, 0.4) is 0 Å². The van der Waals surface area contributed by atoms with E-state index in [1.807, 2.05) is 50.5 Å². The number of carboxylic acid groups (broad SMARTS) is 1. The molecule has 0 aliphatic carbocycles. The fourth-order valence-electron chi connectivity index (χ4n) is 5.01. The molecule has 0 spiro atoms. The number of halogens is 1. The lowest BCUT2D eigenvalue weighted by Crippen LogP contribution is -2.44. The smallest absolute Gasteiger partial charge is 0.407 e. The monoisotopic (exact) mass is 565 g/mol. The van der Waals surface area contributed by atoms with Crippen molar-refractivity contribution >= 4 is 46.5 Å². The topological polar surface area (TPSA) is 108 Å². The maximum absolute atomic E-state index is 13.1. The quantitative estimate of drug-likeness (QED) is 0.324. The third-order valence-electron chi connectivity index (χ3n) is 7.69. The van der Waals surface area contributed by atoms with Crippen LogP contribution in [-0.2, 0) is 17.9 Å². The van der Waals surface area contributed by atoms with Crippen LogP contribution in [0, 0.1) is 5.41 Å². The summed E-state index contributed by atoms with van der Waals surface area (Å²) in [7, 11) is 0. The first-order chi connectivity index (χ1) is 18.9. The summed E-state index contributed by atoms with van der Waals surface area (Å²) >= 11 is 5.99. The Labute approximate surface area is 239 Å². The number of rotatable bonds is 8. The van der Waals surface area contributed by atoms with Gasteiger partial charge in [-0.2, -0.15) is 0 Å². The number of hydrogen-bond donors (Lipinski definition) is 2. The zero-order chi connectivity index (χ0) is 29.2. The number of anilines is 1. The number of nitrogens with one attached hydrogen (secondary N) is 1. The van der Waals surface area contributed by atoms with Gasteiger partial charge in [-0.25, -0.2) is 9.78 Å². The van der Waals surface area contributed by atoms with E-state index in [1.165, 1.54) is 11.0 Å². The summed E-state index contributed by atoms with van der Waals surface area (Å²) in [5.74, 6) is -0.110. The molecular formula is C30H36ClN5O4. The predicted molar refractivity (Wildman–Crippen MR) is 157 cm³/mol. The molecule has 2 heterocycles. The lowest BCUT2D eigenvalue weighted by molar-refractivity contribution is -0.126. The first-order valence-electron chi connectivity index (χ1n) is 13.4. The highest BCUT2D eigenvalue weighted by molar-refractivity contribution is 6.30. The molecule has 212 valence electrons. The Bertz CT molecular complexity index is 1430. The van der Waals surface area contributed by atoms with Gasteiger partial charge >= 0.3 is 6.09 Å². The van der Waals surface area contributed by atoms with E-state index in [0.717, 1.165) is 23.9 Å². The molecule has 1 saturated heterocycles. The Kier molecular flexibility index (Phi) is 8.54. The van der Waals surface area contributed by atoms with Gasteiger partial charge in [0.15, 0.2) is 0 Å². The molecule has 1 aliphatic heterocycles. The number of carbonyl (C=O) groups is 3. The average molecular weight is 566 g/mol. The summed E-state index contributed by atoms with van der Waals surface area (Å²) < 4.78 is 1.92. The molecule has 1 aromatic heterocycles. The van der Waals surface area contributed by atoms with Gasteiger partial charge in [0, 0.05) is 36.3 Å². The molecular weight excluding hydrogens is 530 g/mol. The molecule has 1 aliphatic rings. The van der Waals surface area contributed by atoms with Gasteiger partial charge in [0.05, 0.1) is 17.1 Å². The third kappa shape index (κ3) is 6.31. The molecule has 9 nitrogen and oxygen atoms in total. The van der Waals surface area contributed by atoms with Crippen LogP contribution >= 0.6 is 11.6 Å². The van der Waals surface area contributed by atoms with Gasteiger partial charge in [-0.1, -0.05) is 45.0 Å². The number of imidazole rings is 1. The van der Waals surface area contributed by atoms with Crippen molar-refractivity contribution in [3.8, 4) is 0 Å². The Morgan fingerprint density at radius 2 is 1.93 bits per heavy atom. The number of likely N-dealkylation sites (tertiary alicyclic amines) is 1. The molecule has 2 aromatic carbocycles. The van der Waals surface area contributed by atoms with Crippen LogP contribution in [0.2, 0.25) is 5.02 Å². The number of fused-ring (bicyclic) bond motifs is 1. The Morgan fingerprint density at radius 3 is 2.55 bits per heavy atom. The Morgan fingerprint density at radius 1 is 1.23 bits per heavy atom. The minimum atomic E-state index is -0.989. The van der Waals surface area contributed by atoms with Crippen molar-refractivity contribution in [2.24, 2.45) is 5.41 Å².